The van der Waals surface area contributed by atoms with Crippen molar-refractivity contribution in [3.63, 3.8) is 0 Å². The first-order valence-corrected chi connectivity index (χ1v) is 6.45. The Kier molecular flexibility index (Phi) is 5.10. The summed E-state index contributed by atoms with van der Waals surface area (Å²) in [5.41, 5.74) is 7.02. The number of halogens is 2. The third-order valence-corrected chi connectivity index (χ3v) is 3.98. The van der Waals surface area contributed by atoms with E-state index in [-0.39, 0.29) is 10.8 Å². The van der Waals surface area contributed by atoms with Crippen molar-refractivity contribution >= 4 is 23.2 Å². The smallest absolute Gasteiger partial charge is 0.0502 e. The highest BCUT2D eigenvalue weighted by Crippen LogP contribution is 2.27. The Labute approximate surface area is 108 Å². The Bertz CT molecular complexity index is 301. The molecule has 0 radical (unpaired) electrons. The minimum Gasteiger partial charge on any atom is -0.323 e. The van der Waals surface area contributed by atoms with Crippen LogP contribution >= 0.6 is 23.2 Å². The van der Waals surface area contributed by atoms with Crippen molar-refractivity contribution in [1.29, 1.82) is 0 Å². The molecule has 0 spiro atoms. The van der Waals surface area contributed by atoms with Crippen LogP contribution in [0.1, 0.15) is 25.8 Å². The van der Waals surface area contributed by atoms with E-state index in [2.05, 4.69) is 12.1 Å². The van der Waals surface area contributed by atoms with Gasteiger partial charge in [0.2, 0.25) is 0 Å². The summed E-state index contributed by atoms with van der Waals surface area (Å²) in [6, 6.07) is 10.3. The molecule has 0 heterocycles. The standard InChI is InChI=1S/C13H19Cl2N/c1-10(14)13(16,11(2)15)9-8-12-6-4-3-5-7-12/h3-7,10-11H,8-9,16H2,1-2H3. The van der Waals surface area contributed by atoms with Crippen molar-refractivity contribution in [1.82, 2.24) is 0 Å². The quantitative estimate of drug-likeness (QED) is 0.805. The molecule has 0 aliphatic carbocycles. The van der Waals surface area contributed by atoms with Gasteiger partial charge in [0, 0.05) is 5.54 Å². The van der Waals surface area contributed by atoms with E-state index in [1.54, 1.807) is 0 Å². The van der Waals surface area contributed by atoms with Gasteiger partial charge in [0.1, 0.15) is 0 Å². The van der Waals surface area contributed by atoms with E-state index in [0.717, 1.165) is 12.8 Å². The van der Waals surface area contributed by atoms with E-state index in [1.165, 1.54) is 5.56 Å². The minimum atomic E-state index is -0.515. The molecule has 0 saturated heterocycles. The van der Waals surface area contributed by atoms with E-state index in [4.69, 9.17) is 28.9 Å². The Morgan fingerprint density at radius 1 is 1.12 bits per heavy atom. The largest absolute Gasteiger partial charge is 0.323 e. The average molecular weight is 260 g/mol. The summed E-state index contributed by atoms with van der Waals surface area (Å²) in [7, 11) is 0. The van der Waals surface area contributed by atoms with Crippen LogP contribution in [0.2, 0.25) is 0 Å². The van der Waals surface area contributed by atoms with Gasteiger partial charge in [-0.1, -0.05) is 30.3 Å². The molecule has 0 fully saturated rings. The van der Waals surface area contributed by atoms with E-state index in [1.807, 2.05) is 32.0 Å². The maximum Gasteiger partial charge on any atom is 0.0502 e. The molecule has 0 saturated carbocycles. The molecule has 3 heteroatoms. The van der Waals surface area contributed by atoms with E-state index in [9.17, 15) is 0 Å². The molecule has 0 aromatic heterocycles. The second-order valence-electron chi connectivity index (χ2n) is 4.33. The molecule has 2 unspecified atom stereocenters. The minimum absolute atomic E-state index is 0.135. The van der Waals surface area contributed by atoms with Crippen molar-refractivity contribution in [2.24, 2.45) is 5.73 Å². The molecule has 2 N–H and O–H groups in total. The topological polar surface area (TPSA) is 26.0 Å². The van der Waals surface area contributed by atoms with Crippen molar-refractivity contribution < 1.29 is 0 Å². The van der Waals surface area contributed by atoms with E-state index in [0.29, 0.717) is 0 Å². The number of nitrogens with two attached hydrogens (primary N) is 1. The number of hydrogen-bond acceptors (Lipinski definition) is 1. The highest BCUT2D eigenvalue weighted by Gasteiger charge is 2.35. The average Bonchev–Trinajstić information content (AvgIpc) is 2.26. The summed E-state index contributed by atoms with van der Waals surface area (Å²) in [6.07, 6.45) is 1.71. The fourth-order valence-electron chi connectivity index (χ4n) is 1.72. The summed E-state index contributed by atoms with van der Waals surface area (Å²) in [6.45, 7) is 3.82. The fraction of sp³-hybridized carbons (Fsp3) is 0.538. The lowest BCUT2D eigenvalue weighted by molar-refractivity contribution is 0.379. The molecular weight excluding hydrogens is 241 g/mol. The Hall–Kier alpha value is -0.240. The van der Waals surface area contributed by atoms with Crippen molar-refractivity contribution in [3.05, 3.63) is 35.9 Å². The molecule has 0 bridgehead atoms. The summed E-state index contributed by atoms with van der Waals surface area (Å²) in [4.78, 5) is 0. The van der Waals surface area contributed by atoms with Crippen LogP contribution in [-0.4, -0.2) is 16.3 Å². The fourth-order valence-corrected chi connectivity index (χ4v) is 2.38. The van der Waals surface area contributed by atoms with Gasteiger partial charge in [-0.25, -0.2) is 0 Å². The molecule has 1 nitrogen and oxygen atoms in total. The van der Waals surface area contributed by atoms with Crippen LogP contribution in [0.5, 0.6) is 0 Å². The number of benzene rings is 1. The lowest BCUT2D eigenvalue weighted by atomic mass is 9.86. The third-order valence-electron chi connectivity index (χ3n) is 3.17. The Morgan fingerprint density at radius 3 is 2.06 bits per heavy atom. The van der Waals surface area contributed by atoms with Gasteiger partial charge in [0.15, 0.2) is 0 Å². The van der Waals surface area contributed by atoms with Gasteiger partial charge in [0.05, 0.1) is 10.8 Å². The summed E-state index contributed by atoms with van der Waals surface area (Å²) in [5.74, 6) is 0. The van der Waals surface area contributed by atoms with Crippen LogP contribution < -0.4 is 5.73 Å². The number of aryl methyl sites for hydroxylation is 1. The second-order valence-corrected chi connectivity index (χ2v) is 5.64. The molecular formula is C13H19Cl2N. The molecule has 0 aliphatic heterocycles. The first-order valence-electron chi connectivity index (χ1n) is 5.57. The second kappa shape index (κ2) is 5.90. The molecule has 90 valence electrons. The van der Waals surface area contributed by atoms with Crippen LogP contribution in [0.25, 0.3) is 0 Å². The summed E-state index contributed by atoms with van der Waals surface area (Å²) in [5, 5.41) is -0.271. The zero-order valence-corrected chi connectivity index (χ0v) is 11.3. The van der Waals surface area contributed by atoms with Crippen LogP contribution in [0.4, 0.5) is 0 Å². The van der Waals surface area contributed by atoms with Gasteiger partial charge in [-0.2, -0.15) is 0 Å². The van der Waals surface area contributed by atoms with Crippen LogP contribution in [-0.2, 0) is 6.42 Å². The molecule has 16 heavy (non-hydrogen) atoms. The van der Waals surface area contributed by atoms with E-state index < -0.39 is 5.54 Å². The van der Waals surface area contributed by atoms with Crippen molar-refractivity contribution in [2.75, 3.05) is 0 Å². The SMILES string of the molecule is CC(Cl)C(N)(CCc1ccccc1)C(C)Cl. The highest BCUT2D eigenvalue weighted by molar-refractivity contribution is 6.25. The predicted octanol–water partition coefficient (Wildman–Crippen LogP) is 3.57. The van der Waals surface area contributed by atoms with Gasteiger partial charge in [-0.05, 0) is 32.3 Å². The van der Waals surface area contributed by atoms with Gasteiger partial charge in [-0.15, -0.1) is 23.2 Å². The molecule has 2 atom stereocenters. The lowest BCUT2D eigenvalue weighted by Crippen LogP contribution is -2.53. The normalized spacial score (nSPS) is 18.8. The first-order chi connectivity index (χ1) is 7.47. The number of alkyl halides is 2. The third kappa shape index (κ3) is 3.38. The van der Waals surface area contributed by atoms with Crippen LogP contribution in [0.15, 0.2) is 30.3 Å². The lowest BCUT2D eigenvalue weighted by Gasteiger charge is -2.35. The maximum absolute atomic E-state index is 6.27. The number of rotatable bonds is 5. The predicted molar refractivity (Wildman–Crippen MR) is 72.3 cm³/mol. The zero-order valence-electron chi connectivity index (χ0n) is 9.79. The van der Waals surface area contributed by atoms with Crippen molar-refractivity contribution in [3.8, 4) is 0 Å². The maximum atomic E-state index is 6.27. The van der Waals surface area contributed by atoms with Gasteiger partial charge < -0.3 is 5.73 Å². The molecule has 0 amide bonds. The van der Waals surface area contributed by atoms with E-state index >= 15 is 0 Å². The van der Waals surface area contributed by atoms with Gasteiger partial charge >= 0.3 is 0 Å². The van der Waals surface area contributed by atoms with Crippen molar-refractivity contribution in [2.45, 2.75) is 43.0 Å². The molecule has 1 aromatic rings. The van der Waals surface area contributed by atoms with Crippen LogP contribution in [0, 0.1) is 0 Å². The first kappa shape index (κ1) is 13.8. The Balaban J connectivity index is 2.65. The number of hydrogen-bond donors (Lipinski definition) is 1. The molecule has 0 aliphatic rings. The highest BCUT2D eigenvalue weighted by atomic mass is 35.5. The monoisotopic (exact) mass is 259 g/mol. The Morgan fingerprint density at radius 2 is 1.62 bits per heavy atom. The summed E-state index contributed by atoms with van der Waals surface area (Å²) >= 11 is 12.3. The zero-order chi connectivity index (χ0) is 12.2. The molecule has 1 rings (SSSR count). The van der Waals surface area contributed by atoms with Gasteiger partial charge in [-0.3, -0.25) is 0 Å². The molecule has 1 aromatic carbocycles. The van der Waals surface area contributed by atoms with Gasteiger partial charge in [0.25, 0.3) is 0 Å². The summed E-state index contributed by atoms with van der Waals surface area (Å²) < 4.78 is 0. The van der Waals surface area contributed by atoms with Crippen LogP contribution in [0.3, 0.4) is 0 Å².